The highest BCUT2D eigenvalue weighted by Gasteiger charge is 1.93. The fourth-order valence-corrected chi connectivity index (χ4v) is 2.18. The fourth-order valence-electron chi connectivity index (χ4n) is 2.18. The first-order chi connectivity index (χ1) is 9.77. The predicted octanol–water partition coefficient (Wildman–Crippen LogP) is 4.88. The average Bonchev–Trinajstić information content (AvgIpc) is 2.43. The number of unbranched alkanes of at least 4 members (excludes halogenated alkanes) is 10. The zero-order chi connectivity index (χ0) is 14.9. The second kappa shape index (κ2) is 16.1. The Balaban J connectivity index is 3.05. The Hall–Kier alpha value is -0.990. The molecule has 118 valence electrons. The van der Waals surface area contributed by atoms with E-state index < -0.39 is 5.97 Å². The van der Waals surface area contributed by atoms with Crippen LogP contribution in [0, 0.1) is 0 Å². The summed E-state index contributed by atoms with van der Waals surface area (Å²) >= 11 is 0. The summed E-state index contributed by atoms with van der Waals surface area (Å²) in [7, 11) is 0. The number of carboxylic acids is 1. The van der Waals surface area contributed by atoms with Crippen molar-refractivity contribution in [1.82, 2.24) is 5.32 Å². The molecule has 0 bridgehead atoms. The molecule has 0 radical (unpaired) electrons. The first-order valence-corrected chi connectivity index (χ1v) is 8.37. The van der Waals surface area contributed by atoms with Gasteiger partial charge in [0.25, 0.3) is 0 Å². The minimum Gasteiger partial charge on any atom is -0.481 e. The number of hydrogen-bond donors (Lipinski definition) is 2. The van der Waals surface area contributed by atoms with Crippen LogP contribution < -0.4 is 5.32 Å². The summed E-state index contributed by atoms with van der Waals surface area (Å²) in [6.07, 6.45) is 18.9. The minimum absolute atomic E-state index is 0.183. The van der Waals surface area contributed by atoms with E-state index in [9.17, 15) is 4.79 Å². The number of hydrogen-bond acceptors (Lipinski definition) is 2. The molecule has 0 heterocycles. The van der Waals surface area contributed by atoms with Gasteiger partial charge in [-0.1, -0.05) is 70.8 Å². The van der Waals surface area contributed by atoms with E-state index in [2.05, 4.69) is 18.3 Å². The molecule has 0 rings (SSSR count). The fraction of sp³-hybridized carbons (Fsp3) is 0.824. The molecular formula is C17H33NO2. The molecule has 0 unspecified atom stereocenters. The molecule has 0 aliphatic rings. The van der Waals surface area contributed by atoms with Crippen molar-refractivity contribution in [2.24, 2.45) is 0 Å². The molecule has 0 fully saturated rings. The van der Waals surface area contributed by atoms with Crippen LogP contribution in [0.25, 0.3) is 0 Å². The maximum atomic E-state index is 10.3. The maximum Gasteiger partial charge on any atom is 0.305 e. The first kappa shape index (κ1) is 19.0. The molecule has 3 heteroatoms. The third kappa shape index (κ3) is 17.0. The highest BCUT2D eigenvalue weighted by atomic mass is 16.4. The molecule has 0 aliphatic heterocycles. The first-order valence-electron chi connectivity index (χ1n) is 8.37. The predicted molar refractivity (Wildman–Crippen MR) is 85.9 cm³/mol. The number of aliphatic carboxylic acids is 1. The molecule has 0 aromatic rings. The summed E-state index contributed by atoms with van der Waals surface area (Å²) < 4.78 is 0. The molecule has 0 amide bonds. The van der Waals surface area contributed by atoms with Crippen molar-refractivity contribution < 1.29 is 9.90 Å². The van der Waals surface area contributed by atoms with Gasteiger partial charge in [0.2, 0.25) is 0 Å². The van der Waals surface area contributed by atoms with Gasteiger partial charge in [-0.15, -0.1) is 0 Å². The summed E-state index contributed by atoms with van der Waals surface area (Å²) in [6.45, 7) is 2.78. The van der Waals surface area contributed by atoms with Gasteiger partial charge in [-0.05, 0) is 19.0 Å². The minimum atomic E-state index is -0.749. The van der Waals surface area contributed by atoms with E-state index >= 15 is 0 Å². The summed E-state index contributed by atoms with van der Waals surface area (Å²) in [4.78, 5) is 10.3. The Labute approximate surface area is 124 Å². The van der Waals surface area contributed by atoms with Gasteiger partial charge in [0.15, 0.2) is 0 Å². The van der Waals surface area contributed by atoms with Crippen molar-refractivity contribution in [2.45, 2.75) is 84.0 Å². The van der Waals surface area contributed by atoms with Crippen LogP contribution in [0.1, 0.15) is 84.0 Å². The molecule has 0 atom stereocenters. The maximum absolute atomic E-state index is 10.3. The Morgan fingerprint density at radius 1 is 0.950 bits per heavy atom. The van der Waals surface area contributed by atoms with Gasteiger partial charge in [-0.25, -0.2) is 0 Å². The SMILES string of the molecule is CCCCCCCCCCCCC=CNCCC(=O)O. The van der Waals surface area contributed by atoms with Crippen LogP contribution in [0.5, 0.6) is 0 Å². The molecule has 0 aromatic carbocycles. The van der Waals surface area contributed by atoms with Gasteiger partial charge in [-0.3, -0.25) is 4.79 Å². The van der Waals surface area contributed by atoms with Gasteiger partial charge < -0.3 is 10.4 Å². The normalized spacial score (nSPS) is 11.1. The van der Waals surface area contributed by atoms with E-state index in [1.807, 2.05) is 6.20 Å². The second-order valence-electron chi connectivity index (χ2n) is 5.47. The van der Waals surface area contributed by atoms with Crippen LogP contribution in [0.3, 0.4) is 0 Å². The van der Waals surface area contributed by atoms with Crippen LogP contribution in [0.2, 0.25) is 0 Å². The Morgan fingerprint density at radius 3 is 2.05 bits per heavy atom. The van der Waals surface area contributed by atoms with E-state index in [4.69, 9.17) is 5.11 Å². The van der Waals surface area contributed by atoms with Gasteiger partial charge in [0, 0.05) is 6.54 Å². The third-order valence-corrected chi connectivity index (χ3v) is 3.44. The zero-order valence-electron chi connectivity index (χ0n) is 13.2. The Morgan fingerprint density at radius 2 is 1.50 bits per heavy atom. The van der Waals surface area contributed by atoms with Crippen molar-refractivity contribution in [2.75, 3.05) is 6.54 Å². The van der Waals surface area contributed by atoms with E-state index in [0.717, 1.165) is 6.42 Å². The summed E-state index contributed by atoms with van der Waals surface area (Å²) in [5.41, 5.74) is 0. The number of allylic oxidation sites excluding steroid dienone is 1. The molecular weight excluding hydrogens is 250 g/mol. The highest BCUT2D eigenvalue weighted by Crippen LogP contribution is 2.11. The quantitative estimate of drug-likeness (QED) is 0.421. The van der Waals surface area contributed by atoms with Crippen LogP contribution in [0.4, 0.5) is 0 Å². The number of nitrogens with one attached hydrogen (secondary N) is 1. The molecule has 0 saturated heterocycles. The lowest BCUT2D eigenvalue weighted by Crippen LogP contribution is -2.11. The number of carboxylic acid groups (broad SMARTS) is 1. The van der Waals surface area contributed by atoms with Crippen LogP contribution in [0.15, 0.2) is 12.3 Å². The van der Waals surface area contributed by atoms with Crippen LogP contribution in [-0.4, -0.2) is 17.6 Å². The third-order valence-electron chi connectivity index (χ3n) is 3.44. The topological polar surface area (TPSA) is 49.3 Å². The Bertz CT molecular complexity index is 239. The molecule has 20 heavy (non-hydrogen) atoms. The highest BCUT2D eigenvalue weighted by molar-refractivity contribution is 5.66. The lowest BCUT2D eigenvalue weighted by molar-refractivity contribution is -0.136. The summed E-state index contributed by atoms with van der Waals surface area (Å²) in [5, 5.41) is 11.4. The largest absolute Gasteiger partial charge is 0.481 e. The molecule has 0 aromatic heterocycles. The smallest absolute Gasteiger partial charge is 0.305 e. The van der Waals surface area contributed by atoms with E-state index in [1.54, 1.807) is 0 Å². The lowest BCUT2D eigenvalue weighted by Gasteiger charge is -2.01. The van der Waals surface area contributed by atoms with Gasteiger partial charge >= 0.3 is 5.97 Å². The Kier molecular flexibility index (Phi) is 15.3. The molecule has 2 N–H and O–H groups in total. The van der Waals surface area contributed by atoms with E-state index in [-0.39, 0.29) is 6.42 Å². The molecule has 3 nitrogen and oxygen atoms in total. The second-order valence-corrected chi connectivity index (χ2v) is 5.47. The van der Waals surface area contributed by atoms with Crippen LogP contribution >= 0.6 is 0 Å². The number of carbonyl (C=O) groups is 1. The van der Waals surface area contributed by atoms with Crippen molar-refractivity contribution in [3.05, 3.63) is 12.3 Å². The summed E-state index contributed by atoms with van der Waals surface area (Å²) in [5.74, 6) is -0.749. The monoisotopic (exact) mass is 283 g/mol. The van der Waals surface area contributed by atoms with Crippen molar-refractivity contribution in [3.63, 3.8) is 0 Å². The van der Waals surface area contributed by atoms with Gasteiger partial charge in [0.05, 0.1) is 6.42 Å². The standard InChI is InChI=1S/C17H33NO2/c1-2-3-4-5-6-7-8-9-10-11-12-13-15-18-16-14-17(19)20/h13,15,18H,2-12,14,16H2,1H3,(H,19,20). The van der Waals surface area contributed by atoms with Crippen molar-refractivity contribution in [1.29, 1.82) is 0 Å². The van der Waals surface area contributed by atoms with E-state index in [1.165, 1.54) is 64.2 Å². The molecule has 0 spiro atoms. The lowest BCUT2D eigenvalue weighted by atomic mass is 10.1. The van der Waals surface area contributed by atoms with Gasteiger partial charge in [-0.2, -0.15) is 0 Å². The van der Waals surface area contributed by atoms with E-state index in [0.29, 0.717) is 6.54 Å². The van der Waals surface area contributed by atoms with Gasteiger partial charge in [0.1, 0.15) is 0 Å². The van der Waals surface area contributed by atoms with Crippen molar-refractivity contribution >= 4 is 5.97 Å². The number of rotatable bonds is 15. The van der Waals surface area contributed by atoms with Crippen LogP contribution in [-0.2, 0) is 4.79 Å². The van der Waals surface area contributed by atoms with Crippen molar-refractivity contribution in [3.8, 4) is 0 Å². The zero-order valence-corrected chi connectivity index (χ0v) is 13.2. The summed E-state index contributed by atoms with van der Waals surface area (Å²) in [6, 6.07) is 0. The molecule has 0 saturated carbocycles. The average molecular weight is 283 g/mol. The molecule has 0 aliphatic carbocycles.